The molecule has 1 aliphatic carbocycles. The second-order valence-electron chi connectivity index (χ2n) is 6.16. The van der Waals surface area contributed by atoms with E-state index in [-0.39, 0.29) is 29.9 Å². The Hall–Kier alpha value is -1.86. The fourth-order valence-corrected chi connectivity index (χ4v) is 4.34. The van der Waals surface area contributed by atoms with Crippen molar-refractivity contribution in [1.82, 2.24) is 9.62 Å². The van der Waals surface area contributed by atoms with Crippen molar-refractivity contribution in [1.29, 1.82) is 0 Å². The number of ether oxygens (including phenoxy) is 1. The molecule has 0 atom stereocenters. The first-order valence-electron chi connectivity index (χ1n) is 8.52. The SMILES string of the molecule is C=CCN(CC(=O)NC1CCCCC1)S(=O)(=O)c1ccc(OC)cc1. The summed E-state index contributed by atoms with van der Waals surface area (Å²) in [7, 11) is -2.26. The Morgan fingerprint density at radius 3 is 2.48 bits per heavy atom. The predicted molar refractivity (Wildman–Crippen MR) is 97.0 cm³/mol. The van der Waals surface area contributed by atoms with Crippen LogP contribution >= 0.6 is 0 Å². The van der Waals surface area contributed by atoms with Crippen molar-refractivity contribution in [3.05, 3.63) is 36.9 Å². The summed E-state index contributed by atoms with van der Waals surface area (Å²) in [6, 6.07) is 6.27. The third-order valence-corrected chi connectivity index (χ3v) is 6.15. The van der Waals surface area contributed by atoms with Crippen molar-refractivity contribution in [3.63, 3.8) is 0 Å². The van der Waals surface area contributed by atoms with Gasteiger partial charge in [0, 0.05) is 12.6 Å². The first-order chi connectivity index (χ1) is 12.0. The fraction of sp³-hybridized carbons (Fsp3) is 0.500. The number of hydrogen-bond acceptors (Lipinski definition) is 4. The summed E-state index contributed by atoms with van der Waals surface area (Å²) in [5.41, 5.74) is 0. The molecule has 0 aliphatic heterocycles. The second kappa shape index (κ2) is 9.01. The highest BCUT2D eigenvalue weighted by Crippen LogP contribution is 2.20. The van der Waals surface area contributed by atoms with E-state index in [2.05, 4.69) is 11.9 Å². The molecule has 0 unspecified atom stereocenters. The van der Waals surface area contributed by atoms with Crippen LogP contribution in [0.5, 0.6) is 5.75 Å². The summed E-state index contributed by atoms with van der Waals surface area (Å²) < 4.78 is 31.8. The molecule has 1 saturated carbocycles. The number of sulfonamides is 1. The van der Waals surface area contributed by atoms with E-state index in [0.717, 1.165) is 30.0 Å². The summed E-state index contributed by atoms with van der Waals surface area (Å²) in [5.74, 6) is 0.301. The van der Waals surface area contributed by atoms with Crippen LogP contribution in [0.15, 0.2) is 41.8 Å². The van der Waals surface area contributed by atoms with Crippen LogP contribution in [0.25, 0.3) is 0 Å². The summed E-state index contributed by atoms with van der Waals surface area (Å²) in [5, 5.41) is 2.95. The van der Waals surface area contributed by atoms with Crippen molar-refractivity contribution in [2.45, 2.75) is 43.0 Å². The Balaban J connectivity index is 2.08. The molecule has 1 fully saturated rings. The van der Waals surface area contributed by atoms with Gasteiger partial charge in [-0.25, -0.2) is 8.42 Å². The Labute approximate surface area is 149 Å². The number of benzene rings is 1. The molecule has 1 amide bonds. The maximum atomic E-state index is 12.8. The van der Waals surface area contributed by atoms with Crippen LogP contribution < -0.4 is 10.1 Å². The minimum Gasteiger partial charge on any atom is -0.497 e. The average Bonchev–Trinajstić information content (AvgIpc) is 2.62. The fourth-order valence-electron chi connectivity index (χ4n) is 2.97. The molecule has 0 radical (unpaired) electrons. The molecule has 0 spiro atoms. The number of amides is 1. The smallest absolute Gasteiger partial charge is 0.243 e. The quantitative estimate of drug-likeness (QED) is 0.717. The zero-order chi connectivity index (χ0) is 18.3. The lowest BCUT2D eigenvalue weighted by atomic mass is 9.95. The minimum atomic E-state index is -3.78. The molecule has 138 valence electrons. The van der Waals surface area contributed by atoms with Crippen molar-refractivity contribution < 1.29 is 17.9 Å². The van der Waals surface area contributed by atoms with Crippen LogP contribution in [-0.2, 0) is 14.8 Å². The van der Waals surface area contributed by atoms with Gasteiger partial charge in [0.15, 0.2) is 0 Å². The van der Waals surface area contributed by atoms with E-state index in [9.17, 15) is 13.2 Å². The molecule has 25 heavy (non-hydrogen) atoms. The normalized spacial score (nSPS) is 15.8. The van der Waals surface area contributed by atoms with Crippen molar-refractivity contribution in [3.8, 4) is 5.75 Å². The Kier molecular flexibility index (Phi) is 7.01. The summed E-state index contributed by atoms with van der Waals surface area (Å²) in [4.78, 5) is 12.4. The highest BCUT2D eigenvalue weighted by atomic mass is 32.2. The second-order valence-corrected chi connectivity index (χ2v) is 8.10. The third-order valence-electron chi connectivity index (χ3n) is 4.32. The maximum Gasteiger partial charge on any atom is 0.243 e. The third kappa shape index (κ3) is 5.31. The lowest BCUT2D eigenvalue weighted by Crippen LogP contribution is -2.44. The topological polar surface area (TPSA) is 75.7 Å². The van der Waals surface area contributed by atoms with E-state index >= 15 is 0 Å². The average molecular weight is 366 g/mol. The molecule has 0 heterocycles. The van der Waals surface area contributed by atoms with Crippen LogP contribution in [0.2, 0.25) is 0 Å². The van der Waals surface area contributed by atoms with Gasteiger partial charge in [-0.2, -0.15) is 4.31 Å². The Morgan fingerprint density at radius 2 is 1.92 bits per heavy atom. The molecule has 0 aromatic heterocycles. The van der Waals surface area contributed by atoms with Gasteiger partial charge in [0.2, 0.25) is 15.9 Å². The zero-order valence-corrected chi connectivity index (χ0v) is 15.4. The Bertz CT molecular complexity index is 680. The van der Waals surface area contributed by atoms with E-state index in [1.165, 1.54) is 31.7 Å². The van der Waals surface area contributed by atoms with E-state index in [4.69, 9.17) is 4.74 Å². The van der Waals surface area contributed by atoms with Gasteiger partial charge >= 0.3 is 0 Å². The molecular weight excluding hydrogens is 340 g/mol. The minimum absolute atomic E-state index is 0.0758. The van der Waals surface area contributed by atoms with Gasteiger partial charge in [-0.05, 0) is 37.1 Å². The highest BCUT2D eigenvalue weighted by Gasteiger charge is 2.26. The van der Waals surface area contributed by atoms with E-state index in [0.29, 0.717) is 5.75 Å². The van der Waals surface area contributed by atoms with Gasteiger partial charge < -0.3 is 10.1 Å². The molecule has 0 saturated heterocycles. The van der Waals surface area contributed by atoms with Crippen molar-refractivity contribution >= 4 is 15.9 Å². The lowest BCUT2D eigenvalue weighted by Gasteiger charge is -2.25. The molecule has 1 aromatic rings. The van der Waals surface area contributed by atoms with E-state index in [1.54, 1.807) is 12.1 Å². The lowest BCUT2D eigenvalue weighted by molar-refractivity contribution is -0.122. The molecular formula is C18H26N2O4S. The molecule has 0 bridgehead atoms. The number of methoxy groups -OCH3 is 1. The van der Waals surface area contributed by atoms with Crippen molar-refractivity contribution in [2.24, 2.45) is 0 Å². The predicted octanol–water partition coefficient (Wildman–Crippen LogP) is 2.32. The van der Waals surface area contributed by atoms with Gasteiger partial charge in [-0.15, -0.1) is 6.58 Å². The van der Waals surface area contributed by atoms with Crippen LogP contribution in [-0.4, -0.2) is 44.9 Å². The molecule has 6 nitrogen and oxygen atoms in total. The number of carbonyl (C=O) groups excluding carboxylic acids is 1. The van der Waals surface area contributed by atoms with E-state index < -0.39 is 10.0 Å². The van der Waals surface area contributed by atoms with Crippen LogP contribution in [0.1, 0.15) is 32.1 Å². The highest BCUT2D eigenvalue weighted by molar-refractivity contribution is 7.89. The molecule has 1 aromatic carbocycles. The number of hydrogen-bond donors (Lipinski definition) is 1. The van der Waals surface area contributed by atoms with Gasteiger partial charge in [0.25, 0.3) is 0 Å². The van der Waals surface area contributed by atoms with Crippen LogP contribution in [0.3, 0.4) is 0 Å². The maximum absolute atomic E-state index is 12.8. The van der Waals surface area contributed by atoms with Gasteiger partial charge in [-0.3, -0.25) is 4.79 Å². The van der Waals surface area contributed by atoms with Crippen LogP contribution in [0, 0.1) is 0 Å². The number of carbonyl (C=O) groups is 1. The van der Waals surface area contributed by atoms with E-state index in [1.807, 2.05) is 0 Å². The Morgan fingerprint density at radius 1 is 1.28 bits per heavy atom. The largest absolute Gasteiger partial charge is 0.497 e. The monoisotopic (exact) mass is 366 g/mol. The summed E-state index contributed by atoms with van der Waals surface area (Å²) >= 11 is 0. The van der Waals surface area contributed by atoms with Gasteiger partial charge in [0.1, 0.15) is 5.75 Å². The van der Waals surface area contributed by atoms with Gasteiger partial charge in [0.05, 0.1) is 18.6 Å². The summed E-state index contributed by atoms with van der Waals surface area (Å²) in [6.45, 7) is 3.46. The molecule has 7 heteroatoms. The van der Waals surface area contributed by atoms with Crippen molar-refractivity contribution in [2.75, 3.05) is 20.2 Å². The molecule has 2 rings (SSSR count). The number of rotatable bonds is 8. The zero-order valence-electron chi connectivity index (χ0n) is 14.6. The first-order valence-corrected chi connectivity index (χ1v) is 9.96. The molecule has 1 aliphatic rings. The first kappa shape index (κ1) is 19.5. The molecule has 1 N–H and O–H groups in total. The standard InChI is InChI=1S/C18H26N2O4S/c1-3-13-20(14-18(21)19-15-7-5-4-6-8-15)25(22,23)17-11-9-16(24-2)10-12-17/h3,9-12,15H,1,4-8,13-14H2,2H3,(H,19,21). The summed E-state index contributed by atoms with van der Waals surface area (Å²) in [6.07, 6.45) is 6.80. The number of nitrogens with one attached hydrogen (secondary N) is 1. The number of nitrogens with zero attached hydrogens (tertiary/aromatic N) is 1. The van der Waals surface area contributed by atoms with Gasteiger partial charge in [-0.1, -0.05) is 25.3 Å². The van der Waals surface area contributed by atoms with Crippen LogP contribution in [0.4, 0.5) is 0 Å².